The van der Waals surface area contributed by atoms with Gasteiger partial charge in [-0.05, 0) is 47.5 Å². The van der Waals surface area contributed by atoms with Gasteiger partial charge >= 0.3 is 7.82 Å². The summed E-state index contributed by atoms with van der Waals surface area (Å²) in [7, 11) is -4.78. The van der Waals surface area contributed by atoms with E-state index >= 15 is 0 Å². The zero-order chi connectivity index (χ0) is 27.4. The van der Waals surface area contributed by atoms with Crippen LogP contribution in [0.1, 0.15) is 55.4 Å². The molecule has 0 heterocycles. The smallest absolute Gasteiger partial charge is 0.303 e. The minimum Gasteiger partial charge on any atom is -0.303 e. The lowest BCUT2D eigenvalue weighted by Gasteiger charge is -2.54. The molecule has 4 nitrogen and oxygen atoms in total. The number of hydrogen-bond donors (Lipinski definition) is 2. The molecule has 0 amide bonds. The van der Waals surface area contributed by atoms with Crippen LogP contribution in [0.15, 0.2) is 95.7 Å². The maximum absolute atomic E-state index is 12.4. The molecule has 0 aliphatic heterocycles. The van der Waals surface area contributed by atoms with Crippen LogP contribution < -0.4 is 0 Å². The summed E-state index contributed by atoms with van der Waals surface area (Å²) in [6.07, 6.45) is 28.2. The Labute approximate surface area is 223 Å². The van der Waals surface area contributed by atoms with E-state index in [0.29, 0.717) is 0 Å². The van der Waals surface area contributed by atoms with Crippen molar-refractivity contribution in [2.75, 3.05) is 0 Å². The average Bonchev–Trinajstić information content (AvgIpc) is 2.80. The van der Waals surface area contributed by atoms with Gasteiger partial charge in [-0.2, -0.15) is 0 Å². The molecule has 200 valence electrons. The van der Waals surface area contributed by atoms with Crippen molar-refractivity contribution in [2.45, 2.75) is 61.0 Å². The van der Waals surface area contributed by atoms with Crippen LogP contribution >= 0.6 is 7.82 Å². The lowest BCUT2D eigenvalue weighted by atomic mass is 9.51. The zero-order valence-corrected chi connectivity index (χ0v) is 24.4. The second-order valence-electron chi connectivity index (χ2n) is 12.3. The molecule has 0 spiro atoms. The quantitative estimate of drug-likeness (QED) is 0.359. The SMILES string of the molecule is CC1C(C2(C)C=CC=CC2C)=C(C2(C)C=CC=CC2C)C(C2(C)C=CC=CC2C)=CC1(C)OP(=O)(O)O. The molecule has 0 bridgehead atoms. The topological polar surface area (TPSA) is 66.8 Å². The molecule has 5 heteroatoms. The Kier molecular flexibility index (Phi) is 7.08. The molecule has 0 radical (unpaired) electrons. The van der Waals surface area contributed by atoms with Crippen LogP contribution in [0.2, 0.25) is 0 Å². The van der Waals surface area contributed by atoms with Crippen LogP contribution in [-0.2, 0) is 9.09 Å². The van der Waals surface area contributed by atoms with Gasteiger partial charge in [0.2, 0.25) is 0 Å². The van der Waals surface area contributed by atoms with Crippen LogP contribution in [0, 0.1) is 39.9 Å². The Morgan fingerprint density at radius 3 is 1.57 bits per heavy atom. The predicted molar refractivity (Wildman–Crippen MR) is 152 cm³/mol. The monoisotopic (exact) mass is 522 g/mol. The second kappa shape index (κ2) is 9.35. The van der Waals surface area contributed by atoms with Gasteiger partial charge in [0.15, 0.2) is 0 Å². The highest BCUT2D eigenvalue weighted by Crippen LogP contribution is 2.63. The minimum absolute atomic E-state index is 0.182. The molecule has 0 saturated carbocycles. The summed E-state index contributed by atoms with van der Waals surface area (Å²) in [6, 6.07) is 0. The van der Waals surface area contributed by atoms with Gasteiger partial charge in [-0.1, -0.05) is 121 Å². The fourth-order valence-corrected chi connectivity index (χ4v) is 7.45. The third kappa shape index (κ3) is 4.61. The maximum Gasteiger partial charge on any atom is 0.470 e. The lowest BCUT2D eigenvalue weighted by Crippen LogP contribution is -2.48. The summed E-state index contributed by atoms with van der Waals surface area (Å²) in [5, 5.41) is 0. The molecule has 4 aliphatic carbocycles. The highest BCUT2D eigenvalue weighted by atomic mass is 31.2. The molecular formula is C32H43O4P. The van der Waals surface area contributed by atoms with Gasteiger partial charge in [0.25, 0.3) is 0 Å². The normalized spacial score (nSPS) is 43.5. The predicted octanol–water partition coefficient (Wildman–Crippen LogP) is 8.03. The summed E-state index contributed by atoms with van der Waals surface area (Å²) in [5.74, 6) is 0.321. The van der Waals surface area contributed by atoms with E-state index in [1.54, 1.807) is 0 Å². The Morgan fingerprint density at radius 2 is 1.14 bits per heavy atom. The number of rotatable bonds is 5. The first-order valence-electron chi connectivity index (χ1n) is 13.4. The second-order valence-corrected chi connectivity index (χ2v) is 13.4. The van der Waals surface area contributed by atoms with Crippen molar-refractivity contribution < 1.29 is 18.9 Å². The number of hydrogen-bond acceptors (Lipinski definition) is 2. The van der Waals surface area contributed by atoms with Gasteiger partial charge in [-0.15, -0.1) is 0 Å². The first-order valence-corrected chi connectivity index (χ1v) is 14.9. The van der Waals surface area contributed by atoms with Gasteiger partial charge in [0, 0.05) is 22.2 Å². The first kappa shape index (κ1) is 28.0. The van der Waals surface area contributed by atoms with E-state index in [1.165, 1.54) is 11.1 Å². The Morgan fingerprint density at radius 1 is 0.703 bits per heavy atom. The molecule has 4 aliphatic rings. The van der Waals surface area contributed by atoms with Crippen molar-refractivity contribution in [3.8, 4) is 0 Å². The first-order chi connectivity index (χ1) is 17.1. The Bertz CT molecular complexity index is 1240. The van der Waals surface area contributed by atoms with E-state index in [4.69, 9.17) is 4.52 Å². The van der Waals surface area contributed by atoms with Crippen molar-refractivity contribution in [3.05, 3.63) is 95.7 Å². The van der Waals surface area contributed by atoms with E-state index < -0.39 is 13.4 Å². The van der Waals surface area contributed by atoms with Gasteiger partial charge in [0.1, 0.15) is 5.60 Å². The molecule has 8 atom stereocenters. The van der Waals surface area contributed by atoms with Crippen molar-refractivity contribution >= 4 is 7.82 Å². The van der Waals surface area contributed by atoms with Crippen molar-refractivity contribution in [2.24, 2.45) is 39.9 Å². The van der Waals surface area contributed by atoms with Gasteiger partial charge in [-0.25, -0.2) is 4.57 Å². The lowest BCUT2D eigenvalue weighted by molar-refractivity contribution is 0.0438. The largest absolute Gasteiger partial charge is 0.470 e. The molecule has 8 unspecified atom stereocenters. The van der Waals surface area contributed by atoms with Crippen LogP contribution in [0.3, 0.4) is 0 Å². The summed E-state index contributed by atoms with van der Waals surface area (Å²) < 4.78 is 18.1. The number of phosphoric acid groups is 1. The molecule has 37 heavy (non-hydrogen) atoms. The van der Waals surface area contributed by atoms with Crippen molar-refractivity contribution in [3.63, 3.8) is 0 Å². The van der Waals surface area contributed by atoms with E-state index in [1.807, 2.05) is 13.0 Å². The molecule has 0 fully saturated rings. The van der Waals surface area contributed by atoms with E-state index in [2.05, 4.69) is 121 Å². The fourth-order valence-electron chi connectivity index (χ4n) is 6.73. The average molecular weight is 523 g/mol. The third-order valence-electron chi connectivity index (χ3n) is 9.98. The molecule has 0 aromatic rings. The zero-order valence-electron chi connectivity index (χ0n) is 23.5. The highest BCUT2D eigenvalue weighted by Gasteiger charge is 2.54. The molecular weight excluding hydrogens is 479 g/mol. The highest BCUT2D eigenvalue weighted by molar-refractivity contribution is 7.46. The maximum atomic E-state index is 12.4. The van der Waals surface area contributed by atoms with Crippen LogP contribution in [-0.4, -0.2) is 15.4 Å². The molecule has 2 N–H and O–H groups in total. The van der Waals surface area contributed by atoms with Gasteiger partial charge < -0.3 is 9.79 Å². The molecule has 0 aromatic carbocycles. The van der Waals surface area contributed by atoms with Gasteiger partial charge in [-0.3, -0.25) is 4.52 Å². The molecule has 0 aromatic heterocycles. The number of allylic oxidation sites excluding steroid dienone is 14. The van der Waals surface area contributed by atoms with E-state index in [-0.39, 0.29) is 39.9 Å². The Hall–Kier alpha value is -1.97. The standard InChI is InChI=1S/C32H43O4P/c1-22-15-9-12-18-29(22,5)26-21-32(8,36-37(33,34)35)25(4)27(30(6)19-13-10-16-23(30)2)28(26)31(7)20-14-11-17-24(31)3/h9-25H,1-8H3,(H2,33,34,35). The summed E-state index contributed by atoms with van der Waals surface area (Å²) in [6.45, 7) is 17.4. The van der Waals surface area contributed by atoms with E-state index in [9.17, 15) is 14.4 Å². The van der Waals surface area contributed by atoms with Crippen LogP contribution in [0.4, 0.5) is 0 Å². The third-order valence-corrected chi connectivity index (χ3v) is 10.6. The number of phosphoric ester groups is 1. The van der Waals surface area contributed by atoms with Crippen LogP contribution in [0.5, 0.6) is 0 Å². The van der Waals surface area contributed by atoms with Crippen molar-refractivity contribution in [1.29, 1.82) is 0 Å². The molecule has 0 saturated heterocycles. The Balaban J connectivity index is 2.14. The minimum atomic E-state index is -4.78. The summed E-state index contributed by atoms with van der Waals surface area (Å²) >= 11 is 0. The summed E-state index contributed by atoms with van der Waals surface area (Å²) in [4.78, 5) is 20.1. The molecule has 4 rings (SSSR count). The fraction of sp³-hybridized carbons (Fsp3) is 0.500. The summed E-state index contributed by atoms with van der Waals surface area (Å²) in [5.41, 5.74) is 1.28. The van der Waals surface area contributed by atoms with E-state index in [0.717, 1.165) is 5.57 Å². The van der Waals surface area contributed by atoms with Crippen LogP contribution in [0.25, 0.3) is 0 Å². The van der Waals surface area contributed by atoms with Crippen molar-refractivity contribution in [1.82, 2.24) is 0 Å². The van der Waals surface area contributed by atoms with Gasteiger partial charge in [0.05, 0.1) is 0 Å².